The summed E-state index contributed by atoms with van der Waals surface area (Å²) in [5.74, 6) is -1.14. The number of carbonyl (C=O) groups is 2. The van der Waals surface area contributed by atoms with E-state index in [4.69, 9.17) is 28.3 Å². The van der Waals surface area contributed by atoms with Crippen molar-refractivity contribution >= 4 is 35.1 Å². The number of halogens is 2. The standard InChI is InChI=1S/C18H20Cl2N4O3/c1-12(24-10-13(9-21-24)18(26)27)17(25)23-7-5-22(6-8-23)11-14-15(19)3-2-4-16(14)20/h2-4,9-10,12H,5-8,11H2,1H3,(H,26,27). The van der Waals surface area contributed by atoms with Crippen molar-refractivity contribution in [1.82, 2.24) is 19.6 Å². The first-order valence-corrected chi connectivity index (χ1v) is 9.34. The van der Waals surface area contributed by atoms with Crippen molar-refractivity contribution in [2.24, 2.45) is 0 Å². The van der Waals surface area contributed by atoms with Crippen LogP contribution in [0.2, 0.25) is 10.0 Å². The predicted molar refractivity (Wildman–Crippen MR) is 102 cm³/mol. The third-order valence-electron chi connectivity index (χ3n) is 4.73. The number of rotatable bonds is 5. The predicted octanol–water partition coefficient (Wildman–Crippen LogP) is 2.79. The van der Waals surface area contributed by atoms with Crippen LogP contribution in [0.5, 0.6) is 0 Å². The molecule has 1 fully saturated rings. The van der Waals surface area contributed by atoms with E-state index in [2.05, 4.69) is 10.00 Å². The molecule has 1 aromatic heterocycles. The molecule has 144 valence electrons. The van der Waals surface area contributed by atoms with Gasteiger partial charge in [0.1, 0.15) is 6.04 Å². The maximum absolute atomic E-state index is 12.7. The zero-order valence-corrected chi connectivity index (χ0v) is 16.3. The Bertz CT molecular complexity index is 827. The minimum atomic E-state index is -1.06. The van der Waals surface area contributed by atoms with Gasteiger partial charge in [-0.05, 0) is 19.1 Å². The van der Waals surface area contributed by atoms with Crippen LogP contribution in [0.15, 0.2) is 30.6 Å². The number of hydrogen-bond donors (Lipinski definition) is 1. The normalized spacial score (nSPS) is 16.3. The summed E-state index contributed by atoms with van der Waals surface area (Å²) in [6.45, 7) is 4.93. The molecule has 7 nitrogen and oxygen atoms in total. The first-order chi connectivity index (χ1) is 12.9. The fourth-order valence-electron chi connectivity index (χ4n) is 3.07. The van der Waals surface area contributed by atoms with Crippen LogP contribution in [0.3, 0.4) is 0 Å². The summed E-state index contributed by atoms with van der Waals surface area (Å²) in [5.41, 5.74) is 0.961. The van der Waals surface area contributed by atoms with Gasteiger partial charge in [0.25, 0.3) is 0 Å². The SMILES string of the molecule is CC(C(=O)N1CCN(Cc2c(Cl)cccc2Cl)CC1)n1cc(C(=O)O)cn1. The van der Waals surface area contributed by atoms with Gasteiger partial charge in [0.2, 0.25) is 5.91 Å². The summed E-state index contributed by atoms with van der Waals surface area (Å²) in [5, 5.41) is 14.3. The molecule has 1 N–H and O–H groups in total. The Morgan fingerprint density at radius 2 is 1.81 bits per heavy atom. The molecule has 27 heavy (non-hydrogen) atoms. The third kappa shape index (κ3) is 4.43. The van der Waals surface area contributed by atoms with Gasteiger partial charge >= 0.3 is 5.97 Å². The summed E-state index contributed by atoms with van der Waals surface area (Å²) in [6, 6.07) is 4.90. The lowest BCUT2D eigenvalue weighted by atomic mass is 10.2. The third-order valence-corrected chi connectivity index (χ3v) is 5.44. The van der Waals surface area contributed by atoms with E-state index in [0.29, 0.717) is 42.8 Å². The van der Waals surface area contributed by atoms with Crippen molar-refractivity contribution in [1.29, 1.82) is 0 Å². The van der Waals surface area contributed by atoms with Gasteiger partial charge in [-0.2, -0.15) is 5.10 Å². The highest BCUT2D eigenvalue weighted by Crippen LogP contribution is 2.26. The molecule has 1 amide bonds. The van der Waals surface area contributed by atoms with E-state index in [1.165, 1.54) is 17.1 Å². The molecule has 0 saturated carbocycles. The van der Waals surface area contributed by atoms with Crippen molar-refractivity contribution < 1.29 is 14.7 Å². The molecule has 3 rings (SSSR count). The van der Waals surface area contributed by atoms with Crippen molar-refractivity contribution in [3.63, 3.8) is 0 Å². The number of aromatic carboxylic acids is 1. The largest absolute Gasteiger partial charge is 0.478 e. The summed E-state index contributed by atoms with van der Waals surface area (Å²) in [6.07, 6.45) is 2.62. The molecule has 1 aromatic carbocycles. The molecular formula is C18H20Cl2N4O3. The number of hydrogen-bond acceptors (Lipinski definition) is 4. The molecule has 1 aliphatic rings. The number of benzene rings is 1. The molecule has 0 aliphatic carbocycles. The Labute approximate surface area is 167 Å². The number of piperazine rings is 1. The molecule has 1 saturated heterocycles. The lowest BCUT2D eigenvalue weighted by Crippen LogP contribution is -2.50. The zero-order valence-electron chi connectivity index (χ0n) is 14.8. The second-order valence-corrected chi connectivity index (χ2v) is 7.31. The second-order valence-electron chi connectivity index (χ2n) is 6.49. The molecule has 1 unspecified atom stereocenters. The van der Waals surface area contributed by atoms with Crippen LogP contribution in [0.4, 0.5) is 0 Å². The van der Waals surface area contributed by atoms with Crippen LogP contribution in [-0.4, -0.2) is 62.7 Å². The van der Waals surface area contributed by atoms with Gasteiger partial charge in [-0.15, -0.1) is 0 Å². The summed E-state index contributed by atoms with van der Waals surface area (Å²) < 4.78 is 1.39. The average molecular weight is 411 g/mol. The molecule has 0 bridgehead atoms. The molecule has 9 heteroatoms. The van der Waals surface area contributed by atoms with Crippen LogP contribution in [-0.2, 0) is 11.3 Å². The van der Waals surface area contributed by atoms with Gasteiger partial charge in [0.15, 0.2) is 0 Å². The highest BCUT2D eigenvalue weighted by atomic mass is 35.5. The Hall–Kier alpha value is -2.09. The van der Waals surface area contributed by atoms with E-state index in [1.807, 2.05) is 18.2 Å². The summed E-state index contributed by atoms with van der Waals surface area (Å²) in [7, 11) is 0. The maximum Gasteiger partial charge on any atom is 0.338 e. The van der Waals surface area contributed by atoms with Crippen molar-refractivity contribution in [3.05, 3.63) is 51.8 Å². The lowest BCUT2D eigenvalue weighted by molar-refractivity contribution is -0.136. The van der Waals surface area contributed by atoms with E-state index < -0.39 is 12.0 Å². The highest BCUT2D eigenvalue weighted by Gasteiger charge is 2.27. The lowest BCUT2D eigenvalue weighted by Gasteiger charge is -2.36. The van der Waals surface area contributed by atoms with Gasteiger partial charge in [0, 0.05) is 54.5 Å². The van der Waals surface area contributed by atoms with Crippen molar-refractivity contribution in [2.75, 3.05) is 26.2 Å². The van der Waals surface area contributed by atoms with Crippen molar-refractivity contribution in [3.8, 4) is 0 Å². The monoisotopic (exact) mass is 410 g/mol. The fraction of sp³-hybridized carbons (Fsp3) is 0.389. The first-order valence-electron chi connectivity index (χ1n) is 8.58. The second kappa shape index (κ2) is 8.29. The van der Waals surface area contributed by atoms with Crippen LogP contribution >= 0.6 is 23.2 Å². The van der Waals surface area contributed by atoms with Crippen molar-refractivity contribution in [2.45, 2.75) is 19.5 Å². The van der Waals surface area contributed by atoms with E-state index in [-0.39, 0.29) is 11.5 Å². The topological polar surface area (TPSA) is 78.7 Å². The van der Waals surface area contributed by atoms with Gasteiger partial charge < -0.3 is 10.0 Å². The number of carbonyl (C=O) groups excluding carboxylic acids is 1. The van der Waals surface area contributed by atoms with Gasteiger partial charge in [0.05, 0.1) is 11.8 Å². The van der Waals surface area contributed by atoms with E-state index >= 15 is 0 Å². The molecule has 1 aliphatic heterocycles. The quantitative estimate of drug-likeness (QED) is 0.819. The van der Waals surface area contributed by atoms with Gasteiger partial charge in [-0.1, -0.05) is 29.3 Å². The summed E-state index contributed by atoms with van der Waals surface area (Å²) in [4.78, 5) is 27.7. The molecular weight excluding hydrogens is 391 g/mol. The maximum atomic E-state index is 12.7. The van der Waals surface area contributed by atoms with E-state index in [1.54, 1.807) is 11.8 Å². The van der Waals surface area contributed by atoms with Crippen LogP contribution in [0.25, 0.3) is 0 Å². The molecule has 2 aromatic rings. The van der Waals surface area contributed by atoms with Gasteiger partial charge in [-0.3, -0.25) is 14.4 Å². The van der Waals surface area contributed by atoms with Crippen LogP contribution in [0.1, 0.15) is 28.9 Å². The minimum absolute atomic E-state index is 0.0658. The minimum Gasteiger partial charge on any atom is -0.478 e. The Morgan fingerprint density at radius 3 is 2.37 bits per heavy atom. The molecule has 2 heterocycles. The molecule has 0 radical (unpaired) electrons. The van der Waals surface area contributed by atoms with Gasteiger partial charge in [-0.25, -0.2) is 4.79 Å². The Morgan fingerprint density at radius 1 is 1.19 bits per heavy atom. The number of nitrogens with zero attached hydrogens (tertiary/aromatic N) is 4. The fourth-order valence-corrected chi connectivity index (χ4v) is 3.59. The zero-order chi connectivity index (χ0) is 19.6. The molecule has 0 spiro atoms. The number of aromatic nitrogens is 2. The number of carboxylic acids is 1. The van der Waals surface area contributed by atoms with Crippen LogP contribution in [0, 0.1) is 0 Å². The average Bonchev–Trinajstić information content (AvgIpc) is 3.15. The Kier molecular flexibility index (Phi) is 6.04. The molecule has 1 atom stereocenters. The van der Waals surface area contributed by atoms with E-state index in [0.717, 1.165) is 5.56 Å². The van der Waals surface area contributed by atoms with E-state index in [9.17, 15) is 9.59 Å². The summed E-state index contributed by atoms with van der Waals surface area (Å²) >= 11 is 12.5. The number of carboxylic acid groups (broad SMARTS) is 1. The smallest absolute Gasteiger partial charge is 0.338 e. The Balaban J connectivity index is 1.58. The number of amides is 1. The first kappa shape index (κ1) is 19.7. The van der Waals surface area contributed by atoms with Crippen LogP contribution < -0.4 is 0 Å². The highest BCUT2D eigenvalue weighted by molar-refractivity contribution is 6.35.